The molecule has 1 aromatic carbocycles. The lowest BCUT2D eigenvalue weighted by Crippen LogP contribution is -2.55. The maximum atomic E-state index is 13.2. The van der Waals surface area contributed by atoms with E-state index in [0.717, 1.165) is 0 Å². The summed E-state index contributed by atoms with van der Waals surface area (Å²) in [5.74, 6) is -0.709. The number of benzene rings is 1. The molecular formula is C13H17FN2O2. The number of amides is 1. The third-order valence-corrected chi connectivity index (χ3v) is 3.14. The van der Waals surface area contributed by atoms with Crippen molar-refractivity contribution in [1.29, 1.82) is 0 Å². The number of anilines is 1. The fraction of sp³-hybridized carbons (Fsp3) is 0.462. The van der Waals surface area contributed by atoms with Crippen molar-refractivity contribution in [2.45, 2.75) is 19.4 Å². The topological polar surface area (TPSA) is 55.6 Å². The summed E-state index contributed by atoms with van der Waals surface area (Å²) in [7, 11) is 0. The first-order valence-electron chi connectivity index (χ1n) is 5.86. The first kappa shape index (κ1) is 12.8. The Hall–Kier alpha value is -1.62. The number of carbonyl (C=O) groups excluding carboxylic acids is 1. The smallest absolute Gasteiger partial charge is 0.256 e. The van der Waals surface area contributed by atoms with Crippen LogP contribution in [0.25, 0.3) is 0 Å². The number of halogens is 1. The molecule has 98 valence electrons. The summed E-state index contributed by atoms with van der Waals surface area (Å²) in [5.41, 5.74) is 5.84. The first-order valence-corrected chi connectivity index (χ1v) is 5.86. The summed E-state index contributed by atoms with van der Waals surface area (Å²) in [5, 5.41) is 0. The molecule has 0 saturated carbocycles. The summed E-state index contributed by atoms with van der Waals surface area (Å²) in [6.07, 6.45) is 0. The van der Waals surface area contributed by atoms with E-state index in [0.29, 0.717) is 25.4 Å². The van der Waals surface area contributed by atoms with E-state index in [1.807, 2.05) is 13.8 Å². The number of hydrogen-bond donors (Lipinski definition) is 1. The maximum absolute atomic E-state index is 13.2. The molecule has 4 nitrogen and oxygen atoms in total. The van der Waals surface area contributed by atoms with Crippen molar-refractivity contribution in [2.75, 3.05) is 25.5 Å². The molecule has 1 saturated heterocycles. The van der Waals surface area contributed by atoms with Gasteiger partial charge in [0.05, 0.1) is 24.3 Å². The molecule has 0 spiro atoms. The Morgan fingerprint density at radius 2 is 2.22 bits per heavy atom. The highest BCUT2D eigenvalue weighted by molar-refractivity contribution is 5.99. The third kappa shape index (κ3) is 2.31. The highest BCUT2D eigenvalue weighted by Gasteiger charge is 2.35. The molecule has 18 heavy (non-hydrogen) atoms. The molecule has 2 N–H and O–H groups in total. The Bertz CT molecular complexity index is 474. The van der Waals surface area contributed by atoms with Crippen LogP contribution in [0.2, 0.25) is 0 Å². The lowest BCUT2D eigenvalue weighted by atomic mass is 10.0. The van der Waals surface area contributed by atoms with Crippen molar-refractivity contribution >= 4 is 11.6 Å². The van der Waals surface area contributed by atoms with Crippen LogP contribution >= 0.6 is 0 Å². The minimum absolute atomic E-state index is 0.213. The SMILES string of the molecule is CC1(C)COCCN1C(=O)c1cc(F)ccc1N. The molecule has 0 atom stereocenters. The van der Waals surface area contributed by atoms with Crippen molar-refractivity contribution in [3.63, 3.8) is 0 Å². The quantitative estimate of drug-likeness (QED) is 0.773. The average Bonchev–Trinajstić information content (AvgIpc) is 2.31. The van der Waals surface area contributed by atoms with E-state index >= 15 is 0 Å². The van der Waals surface area contributed by atoms with Crippen molar-refractivity contribution in [2.24, 2.45) is 0 Å². The van der Waals surface area contributed by atoms with Crippen LogP contribution in [-0.2, 0) is 4.74 Å². The standard InChI is InChI=1S/C13H17FN2O2/c1-13(2)8-18-6-5-16(13)12(17)10-7-9(14)3-4-11(10)15/h3-4,7H,5-6,8,15H2,1-2H3. The number of morpholine rings is 1. The highest BCUT2D eigenvalue weighted by Crippen LogP contribution is 2.24. The van der Waals surface area contributed by atoms with E-state index in [-0.39, 0.29) is 11.5 Å². The Kier molecular flexibility index (Phi) is 3.26. The molecular weight excluding hydrogens is 235 g/mol. The third-order valence-electron chi connectivity index (χ3n) is 3.14. The lowest BCUT2D eigenvalue weighted by Gasteiger charge is -2.42. The fourth-order valence-corrected chi connectivity index (χ4v) is 2.09. The molecule has 1 aliphatic rings. The lowest BCUT2D eigenvalue weighted by molar-refractivity contribution is -0.0370. The molecule has 0 radical (unpaired) electrons. The summed E-state index contributed by atoms with van der Waals surface area (Å²) < 4.78 is 18.6. The van der Waals surface area contributed by atoms with Crippen LogP contribution < -0.4 is 5.73 Å². The van der Waals surface area contributed by atoms with Gasteiger partial charge < -0.3 is 15.4 Å². The van der Waals surface area contributed by atoms with Crippen LogP contribution in [0.1, 0.15) is 24.2 Å². The van der Waals surface area contributed by atoms with Gasteiger partial charge in [0, 0.05) is 12.2 Å². The zero-order chi connectivity index (χ0) is 13.3. The predicted molar refractivity (Wildman–Crippen MR) is 66.7 cm³/mol. The van der Waals surface area contributed by atoms with Gasteiger partial charge in [0.15, 0.2) is 0 Å². The number of ether oxygens (including phenoxy) is 1. The van der Waals surface area contributed by atoms with Crippen molar-refractivity contribution < 1.29 is 13.9 Å². The number of carbonyl (C=O) groups is 1. The van der Waals surface area contributed by atoms with Crippen LogP contribution in [-0.4, -0.2) is 36.1 Å². The summed E-state index contributed by atoms with van der Waals surface area (Å²) >= 11 is 0. The summed E-state index contributed by atoms with van der Waals surface area (Å²) in [4.78, 5) is 14.1. The molecule has 1 amide bonds. The van der Waals surface area contributed by atoms with Crippen LogP contribution in [0.4, 0.5) is 10.1 Å². The van der Waals surface area contributed by atoms with E-state index in [4.69, 9.17) is 10.5 Å². The van der Waals surface area contributed by atoms with Gasteiger partial charge in [0.1, 0.15) is 5.82 Å². The normalized spacial score (nSPS) is 18.7. The number of rotatable bonds is 1. The van der Waals surface area contributed by atoms with E-state index < -0.39 is 11.4 Å². The zero-order valence-electron chi connectivity index (χ0n) is 10.6. The van der Waals surface area contributed by atoms with Gasteiger partial charge in [-0.15, -0.1) is 0 Å². The van der Waals surface area contributed by atoms with E-state index in [1.165, 1.54) is 18.2 Å². The van der Waals surface area contributed by atoms with Gasteiger partial charge in [-0.05, 0) is 32.0 Å². The minimum atomic E-state index is -0.460. The summed E-state index contributed by atoms with van der Waals surface area (Å²) in [6, 6.07) is 3.84. The molecule has 1 fully saturated rings. The molecule has 0 bridgehead atoms. The maximum Gasteiger partial charge on any atom is 0.256 e. The van der Waals surface area contributed by atoms with Gasteiger partial charge in [0.2, 0.25) is 0 Å². The average molecular weight is 252 g/mol. The minimum Gasteiger partial charge on any atom is -0.398 e. The number of hydrogen-bond acceptors (Lipinski definition) is 3. The van der Waals surface area contributed by atoms with Gasteiger partial charge in [-0.25, -0.2) is 4.39 Å². The second-order valence-electron chi connectivity index (χ2n) is 5.05. The van der Waals surface area contributed by atoms with Crippen LogP contribution in [0.3, 0.4) is 0 Å². The fourth-order valence-electron chi connectivity index (χ4n) is 2.09. The van der Waals surface area contributed by atoms with Crippen molar-refractivity contribution in [1.82, 2.24) is 4.90 Å². The first-order chi connectivity index (χ1) is 8.42. The second kappa shape index (κ2) is 4.57. The molecule has 0 aliphatic carbocycles. The van der Waals surface area contributed by atoms with Gasteiger partial charge in [0.25, 0.3) is 5.91 Å². The highest BCUT2D eigenvalue weighted by atomic mass is 19.1. The molecule has 2 rings (SSSR count). The van der Waals surface area contributed by atoms with Crippen LogP contribution in [0, 0.1) is 5.82 Å². The second-order valence-corrected chi connectivity index (χ2v) is 5.05. The largest absolute Gasteiger partial charge is 0.398 e. The number of nitrogens with zero attached hydrogens (tertiary/aromatic N) is 1. The monoisotopic (exact) mass is 252 g/mol. The molecule has 5 heteroatoms. The molecule has 0 unspecified atom stereocenters. The summed E-state index contributed by atoms with van der Waals surface area (Å²) in [6.45, 7) is 5.28. The van der Waals surface area contributed by atoms with E-state index in [2.05, 4.69) is 0 Å². The molecule has 1 aromatic rings. The van der Waals surface area contributed by atoms with E-state index in [1.54, 1.807) is 4.90 Å². The van der Waals surface area contributed by atoms with Crippen molar-refractivity contribution in [3.05, 3.63) is 29.6 Å². The van der Waals surface area contributed by atoms with Crippen LogP contribution in [0.5, 0.6) is 0 Å². The Morgan fingerprint density at radius 3 is 2.89 bits per heavy atom. The van der Waals surface area contributed by atoms with E-state index in [9.17, 15) is 9.18 Å². The molecule has 1 heterocycles. The van der Waals surface area contributed by atoms with Crippen LogP contribution in [0.15, 0.2) is 18.2 Å². The van der Waals surface area contributed by atoms with Gasteiger partial charge in [-0.3, -0.25) is 4.79 Å². The van der Waals surface area contributed by atoms with Gasteiger partial charge >= 0.3 is 0 Å². The van der Waals surface area contributed by atoms with Gasteiger partial charge in [-0.1, -0.05) is 0 Å². The Morgan fingerprint density at radius 1 is 1.50 bits per heavy atom. The number of nitrogens with two attached hydrogens (primary N) is 1. The Labute approximate surface area is 106 Å². The predicted octanol–water partition coefficient (Wildman–Crippen LogP) is 1.66. The molecule has 1 aliphatic heterocycles. The molecule has 0 aromatic heterocycles. The van der Waals surface area contributed by atoms with Gasteiger partial charge in [-0.2, -0.15) is 0 Å². The number of nitrogen functional groups attached to an aromatic ring is 1. The zero-order valence-corrected chi connectivity index (χ0v) is 10.6. The Balaban J connectivity index is 2.33. The van der Waals surface area contributed by atoms with Crippen molar-refractivity contribution in [3.8, 4) is 0 Å².